The molecule has 0 unspecified atom stereocenters. The number of nitrogens with zero attached hydrogens (tertiary/aromatic N) is 3. The molecule has 4 rings (SSSR count). The van der Waals surface area contributed by atoms with Gasteiger partial charge in [-0.1, -0.05) is 33.6 Å². The summed E-state index contributed by atoms with van der Waals surface area (Å²) in [7, 11) is 0. The molecule has 0 aliphatic rings. The van der Waals surface area contributed by atoms with Crippen LogP contribution in [0.3, 0.4) is 0 Å². The number of hydrogen-bond acceptors (Lipinski definition) is 4. The Hall–Kier alpha value is -1.89. The van der Waals surface area contributed by atoms with Gasteiger partial charge in [-0.05, 0) is 37.3 Å². The van der Waals surface area contributed by atoms with E-state index in [4.69, 9.17) is 16.6 Å². The maximum Gasteiger partial charge on any atom is 0.187 e. The number of benzene rings is 1. The van der Waals surface area contributed by atoms with Crippen molar-refractivity contribution in [3.05, 3.63) is 63.2 Å². The number of thiazole rings is 1. The predicted octanol–water partition coefficient (Wildman–Crippen LogP) is 5.93. The van der Waals surface area contributed by atoms with Crippen LogP contribution in [0.5, 0.6) is 0 Å². The van der Waals surface area contributed by atoms with E-state index < -0.39 is 0 Å². The molecular weight excluding hydrogens is 408 g/mol. The maximum atomic E-state index is 6.13. The Labute approximate surface area is 156 Å². The molecule has 1 N–H and O–H groups in total. The molecule has 3 aromatic heterocycles. The molecule has 24 heavy (non-hydrogen) atoms. The minimum atomic E-state index is 0.670. The van der Waals surface area contributed by atoms with Gasteiger partial charge in [-0.2, -0.15) is 0 Å². The van der Waals surface area contributed by atoms with Gasteiger partial charge in [0.05, 0.1) is 16.4 Å². The van der Waals surface area contributed by atoms with Gasteiger partial charge >= 0.3 is 0 Å². The topological polar surface area (TPSA) is 42.2 Å². The smallest absolute Gasteiger partial charge is 0.187 e. The summed E-state index contributed by atoms with van der Waals surface area (Å²) in [5, 5.41) is 6.86. The summed E-state index contributed by atoms with van der Waals surface area (Å²) in [5.41, 5.74) is 4.62. The van der Waals surface area contributed by atoms with Crippen LogP contribution < -0.4 is 5.32 Å². The normalized spacial score (nSPS) is 11.1. The highest BCUT2D eigenvalue weighted by atomic mass is 79.9. The number of imidazole rings is 1. The zero-order valence-corrected chi connectivity index (χ0v) is 15.8. The molecule has 120 valence electrons. The van der Waals surface area contributed by atoms with Crippen LogP contribution in [-0.4, -0.2) is 14.4 Å². The Bertz CT molecular complexity index is 1040. The fourth-order valence-electron chi connectivity index (χ4n) is 2.57. The predicted molar refractivity (Wildman–Crippen MR) is 103 cm³/mol. The molecule has 0 atom stereocenters. The Morgan fingerprint density at radius 2 is 2.08 bits per heavy atom. The number of aromatic nitrogens is 3. The minimum Gasteiger partial charge on any atom is -0.332 e. The first-order valence-corrected chi connectivity index (χ1v) is 9.28. The zero-order chi connectivity index (χ0) is 16.7. The van der Waals surface area contributed by atoms with Crippen LogP contribution in [0.1, 0.15) is 5.69 Å². The highest BCUT2D eigenvalue weighted by molar-refractivity contribution is 9.10. The molecule has 0 saturated heterocycles. The number of aryl methyl sites for hydroxylation is 1. The summed E-state index contributed by atoms with van der Waals surface area (Å²) in [6.45, 7) is 1.98. The SMILES string of the molecule is Cc1nc2ccc(Cl)cn2c1-c1csc(Nc2cccc(Br)c2)n1. The van der Waals surface area contributed by atoms with Gasteiger partial charge < -0.3 is 5.32 Å². The molecule has 0 spiro atoms. The summed E-state index contributed by atoms with van der Waals surface area (Å²) in [4.78, 5) is 9.28. The monoisotopic (exact) mass is 418 g/mol. The standard InChI is InChI=1S/C17H12BrClN4S/c1-10-16(23-8-12(19)5-6-15(23)20-10)14-9-24-17(22-14)21-13-4-2-3-11(18)7-13/h2-9H,1H3,(H,21,22). The lowest BCUT2D eigenvalue weighted by Gasteiger charge is -2.03. The van der Waals surface area contributed by atoms with E-state index in [-0.39, 0.29) is 0 Å². The fraction of sp³-hybridized carbons (Fsp3) is 0.0588. The van der Waals surface area contributed by atoms with Crippen molar-refractivity contribution in [1.82, 2.24) is 14.4 Å². The van der Waals surface area contributed by atoms with Crippen molar-refractivity contribution in [3.63, 3.8) is 0 Å². The second kappa shape index (κ2) is 6.20. The van der Waals surface area contributed by atoms with Gasteiger partial charge in [0.2, 0.25) is 0 Å². The summed E-state index contributed by atoms with van der Waals surface area (Å²) in [5.74, 6) is 0. The van der Waals surface area contributed by atoms with Crippen LogP contribution in [0.15, 0.2) is 52.4 Å². The third-order valence-corrected chi connectivity index (χ3v) is 5.05. The molecule has 4 aromatic rings. The van der Waals surface area contributed by atoms with Gasteiger partial charge in [-0.15, -0.1) is 11.3 Å². The number of fused-ring (bicyclic) bond motifs is 1. The summed E-state index contributed by atoms with van der Waals surface area (Å²) in [6, 6.07) is 11.7. The quantitative estimate of drug-likeness (QED) is 0.448. The minimum absolute atomic E-state index is 0.670. The third-order valence-electron chi connectivity index (χ3n) is 3.58. The molecule has 0 amide bonds. The molecule has 7 heteroatoms. The molecule has 0 bridgehead atoms. The van der Waals surface area contributed by atoms with Gasteiger partial charge in [0, 0.05) is 21.7 Å². The van der Waals surface area contributed by atoms with Crippen LogP contribution in [0.2, 0.25) is 5.02 Å². The first-order chi connectivity index (χ1) is 11.6. The molecular formula is C17H12BrClN4S. The van der Waals surface area contributed by atoms with E-state index >= 15 is 0 Å². The van der Waals surface area contributed by atoms with Crippen molar-refractivity contribution in [2.45, 2.75) is 6.92 Å². The Morgan fingerprint density at radius 1 is 1.21 bits per heavy atom. The number of hydrogen-bond donors (Lipinski definition) is 1. The van der Waals surface area contributed by atoms with Crippen molar-refractivity contribution in [2.75, 3.05) is 5.32 Å². The summed E-state index contributed by atoms with van der Waals surface area (Å²) < 4.78 is 3.01. The van der Waals surface area contributed by atoms with E-state index in [0.29, 0.717) is 5.02 Å². The lowest BCUT2D eigenvalue weighted by Crippen LogP contribution is -1.92. The zero-order valence-electron chi connectivity index (χ0n) is 12.6. The Kier molecular flexibility index (Phi) is 4.04. The molecule has 0 fully saturated rings. The van der Waals surface area contributed by atoms with E-state index in [0.717, 1.165) is 38.0 Å². The number of halogens is 2. The van der Waals surface area contributed by atoms with Gasteiger partial charge in [0.25, 0.3) is 0 Å². The van der Waals surface area contributed by atoms with Gasteiger partial charge in [-0.25, -0.2) is 9.97 Å². The molecule has 0 radical (unpaired) electrons. The van der Waals surface area contributed by atoms with Crippen molar-refractivity contribution in [2.24, 2.45) is 0 Å². The van der Waals surface area contributed by atoms with E-state index in [9.17, 15) is 0 Å². The van der Waals surface area contributed by atoms with Crippen LogP contribution in [-0.2, 0) is 0 Å². The molecule has 0 saturated carbocycles. The maximum absolute atomic E-state index is 6.13. The van der Waals surface area contributed by atoms with E-state index in [1.165, 1.54) is 0 Å². The van der Waals surface area contributed by atoms with Gasteiger partial charge in [-0.3, -0.25) is 4.40 Å². The molecule has 4 nitrogen and oxygen atoms in total. The second-order valence-corrected chi connectivity index (χ2v) is 7.50. The highest BCUT2D eigenvalue weighted by Gasteiger charge is 2.14. The van der Waals surface area contributed by atoms with Crippen molar-refractivity contribution < 1.29 is 0 Å². The second-order valence-electron chi connectivity index (χ2n) is 5.29. The van der Waals surface area contributed by atoms with Crippen molar-refractivity contribution in [3.8, 4) is 11.4 Å². The highest BCUT2D eigenvalue weighted by Crippen LogP contribution is 2.31. The number of anilines is 2. The van der Waals surface area contributed by atoms with Crippen molar-refractivity contribution >= 4 is 55.3 Å². The summed E-state index contributed by atoms with van der Waals surface area (Å²) in [6.07, 6.45) is 1.87. The molecule has 1 aromatic carbocycles. The number of nitrogens with one attached hydrogen (secondary N) is 1. The number of rotatable bonds is 3. The largest absolute Gasteiger partial charge is 0.332 e. The van der Waals surface area contributed by atoms with Crippen LogP contribution in [0.25, 0.3) is 17.0 Å². The summed E-state index contributed by atoms with van der Waals surface area (Å²) >= 11 is 11.2. The van der Waals surface area contributed by atoms with E-state index in [1.54, 1.807) is 11.3 Å². The number of pyridine rings is 1. The van der Waals surface area contributed by atoms with Crippen molar-refractivity contribution in [1.29, 1.82) is 0 Å². The van der Waals surface area contributed by atoms with Gasteiger partial charge in [0.1, 0.15) is 11.3 Å². The first kappa shape index (κ1) is 15.6. The van der Waals surface area contributed by atoms with Crippen LogP contribution >= 0.6 is 38.9 Å². The molecule has 3 heterocycles. The van der Waals surface area contributed by atoms with Crippen LogP contribution in [0, 0.1) is 6.92 Å². The Morgan fingerprint density at radius 3 is 2.92 bits per heavy atom. The third kappa shape index (κ3) is 2.92. The first-order valence-electron chi connectivity index (χ1n) is 7.23. The Balaban J connectivity index is 1.73. The molecule has 0 aliphatic carbocycles. The average Bonchev–Trinajstić information content (AvgIpc) is 3.10. The van der Waals surface area contributed by atoms with E-state index in [2.05, 4.69) is 26.2 Å². The lowest BCUT2D eigenvalue weighted by molar-refractivity contribution is 1.17. The molecule has 0 aliphatic heterocycles. The fourth-order valence-corrected chi connectivity index (χ4v) is 3.85. The average molecular weight is 420 g/mol. The van der Waals surface area contributed by atoms with Gasteiger partial charge in [0.15, 0.2) is 5.13 Å². The van der Waals surface area contributed by atoms with E-state index in [1.807, 2.05) is 59.3 Å². The lowest BCUT2D eigenvalue weighted by atomic mass is 10.3. The van der Waals surface area contributed by atoms with Crippen LogP contribution in [0.4, 0.5) is 10.8 Å².